The molecule has 13 aliphatic heterocycles. The molecule has 9 saturated heterocycles. The van der Waals surface area contributed by atoms with Crippen LogP contribution in [-0.2, 0) is 19.2 Å². The van der Waals surface area contributed by atoms with Crippen molar-refractivity contribution in [2.24, 2.45) is 0 Å². The van der Waals surface area contributed by atoms with Crippen molar-refractivity contribution in [2.75, 3.05) is 236 Å². The zero-order valence-corrected chi connectivity index (χ0v) is 94.1. The van der Waals surface area contributed by atoms with Gasteiger partial charge in [-0.3, -0.25) is 19.2 Å². The van der Waals surface area contributed by atoms with Crippen LogP contribution in [0.1, 0.15) is 411 Å². The highest BCUT2D eigenvalue weighted by molar-refractivity contribution is 5.78. The van der Waals surface area contributed by atoms with E-state index in [1.54, 1.807) is 14.7 Å². The fourth-order valence-electron chi connectivity index (χ4n) is 13.0. The first-order valence-corrected chi connectivity index (χ1v) is 54.0. The van der Waals surface area contributed by atoms with E-state index in [0.29, 0.717) is 24.1 Å². The molecule has 0 aromatic carbocycles. The zero-order chi connectivity index (χ0) is 99.5. The summed E-state index contributed by atoms with van der Waals surface area (Å²) < 4.78 is 0. The minimum Gasteiger partial charge on any atom is -0.346 e. The van der Waals surface area contributed by atoms with Crippen LogP contribution >= 0.6 is 0 Å². The second-order valence-corrected chi connectivity index (χ2v) is 30.7. The highest BCUT2D eigenvalue weighted by Crippen LogP contribution is 2.13. The van der Waals surface area contributed by atoms with Crippen molar-refractivity contribution >= 4 is 23.6 Å². The highest BCUT2D eigenvalue weighted by Gasteiger charge is 2.16. The number of carbonyl (C=O) groups excluding carboxylic acids is 4. The van der Waals surface area contributed by atoms with Gasteiger partial charge in [-0.15, -0.1) is 0 Å². The van der Waals surface area contributed by atoms with Gasteiger partial charge in [0.25, 0.3) is 0 Å². The number of rotatable bonds is 0. The lowest BCUT2D eigenvalue weighted by atomic mass is 10.1. The van der Waals surface area contributed by atoms with Crippen molar-refractivity contribution < 1.29 is 19.2 Å². The van der Waals surface area contributed by atoms with Gasteiger partial charge >= 0.3 is 0 Å². The predicted molar refractivity (Wildman–Crippen MR) is 578 cm³/mol. The van der Waals surface area contributed by atoms with Gasteiger partial charge < -0.3 is 63.7 Å². The lowest BCUT2D eigenvalue weighted by Crippen LogP contribution is -2.31. The Balaban J connectivity index is -0.0000000977. The van der Waals surface area contributed by atoms with E-state index in [1.165, 1.54) is 284 Å². The van der Waals surface area contributed by atoms with Crippen molar-refractivity contribution in [3.05, 3.63) is 48.6 Å². The van der Waals surface area contributed by atoms with Crippen LogP contribution in [0.5, 0.6) is 0 Å². The summed E-state index contributed by atoms with van der Waals surface area (Å²) in [6.07, 6.45) is 63.1. The zero-order valence-electron chi connectivity index (χ0n) is 94.1. The summed E-state index contributed by atoms with van der Waals surface area (Å²) in [5.74, 6) is 1.16. The summed E-state index contributed by atoms with van der Waals surface area (Å²) in [7, 11) is 27.1. The van der Waals surface area contributed by atoms with Crippen molar-refractivity contribution in [3.63, 3.8) is 0 Å². The molecule has 17 heteroatoms. The normalized spacial score (nSPS) is 19.2. The molecule has 13 rings (SSSR count). The van der Waals surface area contributed by atoms with Gasteiger partial charge in [0.1, 0.15) is 0 Å². The van der Waals surface area contributed by atoms with E-state index in [-0.39, 0.29) is 5.91 Å². The molecule has 13 heterocycles. The van der Waals surface area contributed by atoms with Crippen LogP contribution < -0.4 is 0 Å². The Bertz CT molecular complexity index is 1950. The fourth-order valence-corrected chi connectivity index (χ4v) is 13.0. The largest absolute Gasteiger partial charge is 0.346 e. The average molecular weight is 1800 g/mol. The maximum atomic E-state index is 10.9. The van der Waals surface area contributed by atoms with Crippen LogP contribution in [0, 0.1) is 0 Å². The Hall–Kier alpha value is -3.52. The van der Waals surface area contributed by atoms with Crippen molar-refractivity contribution in [1.82, 2.24) is 63.7 Å². The number of hydrogen-bond donors (Lipinski definition) is 0. The Kier molecular flexibility index (Phi) is 164. The van der Waals surface area contributed by atoms with Crippen LogP contribution in [-0.4, -0.2) is 323 Å². The van der Waals surface area contributed by atoms with Crippen LogP contribution in [0.25, 0.3) is 0 Å². The predicted octanol–water partition coefficient (Wildman–Crippen LogP) is 26.8. The molecule has 0 aromatic heterocycles. The van der Waals surface area contributed by atoms with E-state index in [9.17, 15) is 19.2 Å². The van der Waals surface area contributed by atoms with Crippen LogP contribution in [0.15, 0.2) is 48.6 Å². The molecule has 0 bridgehead atoms. The molecular weight excluding hydrogens is 1560 g/mol. The Labute approximate surface area is 797 Å². The Morgan fingerprint density at radius 1 is 0.143 bits per heavy atom. The summed E-state index contributed by atoms with van der Waals surface area (Å²) in [6, 6.07) is 0. The van der Waals surface area contributed by atoms with Gasteiger partial charge in [-0.2, -0.15) is 0 Å². The summed E-state index contributed by atoms with van der Waals surface area (Å²) in [4.78, 5) is 71.6. The molecule has 9 fully saturated rings. The highest BCUT2D eigenvalue weighted by atomic mass is 16.2. The van der Waals surface area contributed by atoms with Gasteiger partial charge in [-0.05, 0) is 296 Å². The summed E-state index contributed by atoms with van der Waals surface area (Å²) in [5, 5.41) is 0. The second kappa shape index (κ2) is 137. The van der Waals surface area contributed by atoms with Crippen LogP contribution in [0.4, 0.5) is 0 Å². The number of allylic oxidation sites excluding steroid dienone is 2. The third kappa shape index (κ3) is 125. The first-order chi connectivity index (χ1) is 61.3. The van der Waals surface area contributed by atoms with Crippen LogP contribution in [0.2, 0.25) is 0 Å². The number of carbonyl (C=O) groups is 4. The van der Waals surface area contributed by atoms with E-state index >= 15 is 0 Å². The van der Waals surface area contributed by atoms with Gasteiger partial charge in [0.2, 0.25) is 23.6 Å². The number of likely N-dealkylation sites (tertiary alicyclic amines) is 9. The maximum Gasteiger partial charge on any atom is 0.222 e. The average Bonchev–Trinajstić information content (AvgIpc) is 1.52. The standard InChI is InChI=1S/C7H13NO.C7H11NO.3C7H15N.2C7H13N.C6H11NO.2C6H13N.C6H11N.C5H9NO.C5H11N.13C2H6/c2*1-8-6-4-2-3-5-7(8)9;5*1-8-6-4-2-3-5-7-8;1-7-5-3-2-4-6(7)8;3*1-7-5-3-2-4-6-7;1-6-4-2-3-5(6)7;1-6-4-2-3-5-6;13*1-2/h2-6H2,1H3;2,4H,3,5-6H2,1H3;3*2-7H2,1H3;2,4H,3,5-7H2,1H3;2-3H,4-7H2,1H3;2-5H2,1H3;2*2-6H2,1H3;2-3H,4-6H2,1H3;2-4H2,1H3;2-5H2,1H3;13*1-2H3. The van der Waals surface area contributed by atoms with E-state index < -0.39 is 0 Å². The molecule has 0 aromatic rings. The van der Waals surface area contributed by atoms with E-state index in [0.717, 1.165) is 84.2 Å². The number of hydrogen-bond acceptors (Lipinski definition) is 13. The minimum atomic E-state index is 0.250. The van der Waals surface area contributed by atoms with Crippen molar-refractivity contribution in [1.29, 1.82) is 0 Å². The summed E-state index contributed by atoms with van der Waals surface area (Å²) in [6.45, 7) is 78.7. The van der Waals surface area contributed by atoms with Crippen molar-refractivity contribution in [2.45, 2.75) is 411 Å². The molecule has 17 nitrogen and oxygen atoms in total. The molecule has 0 radical (unpaired) electrons. The van der Waals surface area contributed by atoms with Gasteiger partial charge in [0.15, 0.2) is 0 Å². The number of amides is 4. The molecule has 4 amide bonds. The van der Waals surface area contributed by atoms with E-state index in [2.05, 4.69) is 150 Å². The smallest absolute Gasteiger partial charge is 0.222 e. The minimum absolute atomic E-state index is 0.250. The van der Waals surface area contributed by atoms with Gasteiger partial charge in [0, 0.05) is 113 Å². The summed E-state index contributed by atoms with van der Waals surface area (Å²) >= 11 is 0. The SMILES string of the molecule is CC.CC.CC.CC.CC.CC.CC.CC.CC.CC.CC.CC.CC.CN1CC=CCC1.CN1CC=CCCC1.CN1CC=CCCC1=O.CN1CCC=CCC1.CN1CCCC1.CN1CCCC1=O.CN1CCCCC1.CN1CCCCC1.CN1CCCCC1=O.CN1CCCCCC1.CN1CCCCCC1.CN1CCCCCC1.CN1CCCCCC1=O. The Morgan fingerprint density at radius 3 is 0.595 bits per heavy atom. The van der Waals surface area contributed by atoms with Crippen LogP contribution in [0.3, 0.4) is 0 Å². The molecule has 0 atom stereocenters. The molecule has 0 N–H and O–H groups in total. The van der Waals surface area contributed by atoms with Crippen molar-refractivity contribution in [3.8, 4) is 0 Å². The molecule has 0 aliphatic carbocycles. The lowest BCUT2D eigenvalue weighted by molar-refractivity contribution is -0.132. The molecule has 0 spiro atoms. The second-order valence-electron chi connectivity index (χ2n) is 30.7. The molecule has 766 valence electrons. The topological polar surface area (TPSA) is 110 Å². The number of nitrogens with zero attached hydrogens (tertiary/aromatic N) is 13. The molecular formula is C109H241N13O4. The van der Waals surface area contributed by atoms with Gasteiger partial charge in [-0.25, -0.2) is 0 Å². The molecule has 13 aliphatic rings. The molecule has 0 unspecified atom stereocenters. The first kappa shape index (κ1) is 151. The first-order valence-electron chi connectivity index (χ1n) is 54.0. The van der Waals surface area contributed by atoms with E-state index in [4.69, 9.17) is 0 Å². The maximum absolute atomic E-state index is 10.9. The van der Waals surface area contributed by atoms with Gasteiger partial charge in [0.05, 0.1) is 0 Å². The summed E-state index contributed by atoms with van der Waals surface area (Å²) in [5.41, 5.74) is 0. The monoisotopic (exact) mass is 1800 g/mol. The third-order valence-electron chi connectivity index (χ3n) is 20.4. The molecule has 0 saturated carbocycles. The lowest BCUT2D eigenvalue weighted by Gasteiger charge is -2.21. The quantitative estimate of drug-likeness (QED) is 0.215. The van der Waals surface area contributed by atoms with E-state index in [1.807, 2.05) is 219 Å². The Morgan fingerprint density at radius 2 is 0.317 bits per heavy atom. The fraction of sp³-hybridized carbons (Fsp3) is 0.890. The molecule has 126 heavy (non-hydrogen) atoms. The number of piperidine rings is 3. The van der Waals surface area contributed by atoms with Gasteiger partial charge in [-0.1, -0.05) is 286 Å². The third-order valence-corrected chi connectivity index (χ3v) is 20.4. The number of likely N-dealkylation sites (N-methyl/N-ethyl adjacent to an activating group) is 3.